The minimum atomic E-state index is -0.267. The SMILES string of the molecule is CC(=O)OC1CS[C@H]2CC(=O)N2C1. The monoisotopic (exact) mass is 201 g/mol. The Labute approximate surface area is 80.6 Å². The third-order valence-corrected chi connectivity index (χ3v) is 3.59. The van der Waals surface area contributed by atoms with Crippen LogP contribution in [0.2, 0.25) is 0 Å². The molecule has 2 fully saturated rings. The number of nitrogens with zero attached hydrogens (tertiary/aromatic N) is 1. The summed E-state index contributed by atoms with van der Waals surface area (Å²) in [7, 11) is 0. The van der Waals surface area contributed by atoms with Gasteiger partial charge in [0.25, 0.3) is 0 Å². The largest absolute Gasteiger partial charge is 0.460 e. The molecule has 5 heteroatoms. The van der Waals surface area contributed by atoms with Crippen LogP contribution in [0.25, 0.3) is 0 Å². The number of hydrogen-bond acceptors (Lipinski definition) is 4. The fourth-order valence-corrected chi connectivity index (χ4v) is 2.84. The van der Waals surface area contributed by atoms with E-state index in [0.29, 0.717) is 18.3 Å². The van der Waals surface area contributed by atoms with E-state index in [1.807, 2.05) is 0 Å². The second-order valence-corrected chi connectivity index (χ2v) is 4.48. The Balaban J connectivity index is 1.89. The molecule has 13 heavy (non-hydrogen) atoms. The van der Waals surface area contributed by atoms with E-state index in [2.05, 4.69) is 0 Å². The van der Waals surface area contributed by atoms with Crippen LogP contribution in [0.1, 0.15) is 13.3 Å². The molecule has 72 valence electrons. The van der Waals surface area contributed by atoms with Gasteiger partial charge < -0.3 is 9.64 Å². The van der Waals surface area contributed by atoms with Gasteiger partial charge in [-0.15, -0.1) is 11.8 Å². The second-order valence-electron chi connectivity index (χ2n) is 3.27. The Morgan fingerprint density at radius 1 is 1.69 bits per heavy atom. The number of carbonyl (C=O) groups is 2. The van der Waals surface area contributed by atoms with Gasteiger partial charge in [0.05, 0.1) is 18.3 Å². The molecule has 4 nitrogen and oxygen atoms in total. The van der Waals surface area contributed by atoms with Gasteiger partial charge in [-0.25, -0.2) is 0 Å². The Morgan fingerprint density at radius 2 is 2.46 bits per heavy atom. The molecule has 1 amide bonds. The smallest absolute Gasteiger partial charge is 0.302 e. The molecule has 2 aliphatic heterocycles. The fourth-order valence-electron chi connectivity index (χ4n) is 1.59. The molecular weight excluding hydrogens is 190 g/mol. The summed E-state index contributed by atoms with van der Waals surface area (Å²) < 4.78 is 5.04. The standard InChI is InChI=1S/C8H11NO3S/c1-5(10)12-6-3-9-7(11)2-8(9)13-4-6/h6,8H,2-4H2,1H3/t6?,8-/m0/s1. The van der Waals surface area contributed by atoms with Gasteiger partial charge in [0.15, 0.2) is 0 Å². The van der Waals surface area contributed by atoms with E-state index in [1.165, 1.54) is 6.92 Å². The van der Waals surface area contributed by atoms with Crippen molar-refractivity contribution in [3.05, 3.63) is 0 Å². The number of thioether (sulfide) groups is 1. The van der Waals surface area contributed by atoms with Gasteiger partial charge in [-0.1, -0.05) is 0 Å². The number of fused-ring (bicyclic) bond motifs is 1. The number of carbonyl (C=O) groups excluding carboxylic acids is 2. The molecule has 2 aliphatic rings. The number of ether oxygens (including phenoxy) is 1. The highest BCUT2D eigenvalue weighted by Gasteiger charge is 2.42. The van der Waals surface area contributed by atoms with Crippen molar-refractivity contribution in [2.24, 2.45) is 0 Å². The van der Waals surface area contributed by atoms with Gasteiger partial charge in [0.1, 0.15) is 6.10 Å². The zero-order chi connectivity index (χ0) is 9.42. The van der Waals surface area contributed by atoms with Crippen molar-refractivity contribution < 1.29 is 14.3 Å². The molecule has 0 bridgehead atoms. The van der Waals surface area contributed by atoms with Crippen molar-refractivity contribution in [2.75, 3.05) is 12.3 Å². The van der Waals surface area contributed by atoms with Crippen LogP contribution in [0.5, 0.6) is 0 Å². The normalized spacial score (nSPS) is 32.1. The van der Waals surface area contributed by atoms with Gasteiger partial charge in [0, 0.05) is 12.7 Å². The Bertz CT molecular complexity index is 256. The number of amides is 1. The lowest BCUT2D eigenvalue weighted by atomic mass is 10.1. The van der Waals surface area contributed by atoms with Crippen molar-refractivity contribution in [2.45, 2.75) is 24.8 Å². The topological polar surface area (TPSA) is 46.6 Å². The number of rotatable bonds is 1. The maximum Gasteiger partial charge on any atom is 0.302 e. The highest BCUT2D eigenvalue weighted by molar-refractivity contribution is 8.00. The zero-order valence-corrected chi connectivity index (χ0v) is 8.17. The summed E-state index contributed by atoms with van der Waals surface area (Å²) in [6, 6.07) is 0. The van der Waals surface area contributed by atoms with Crippen LogP contribution in [0.3, 0.4) is 0 Å². The van der Waals surface area contributed by atoms with E-state index in [9.17, 15) is 9.59 Å². The van der Waals surface area contributed by atoms with Gasteiger partial charge in [-0.2, -0.15) is 0 Å². The maximum absolute atomic E-state index is 11.1. The molecule has 2 heterocycles. The summed E-state index contributed by atoms with van der Waals surface area (Å²) in [6.07, 6.45) is 0.542. The molecule has 0 aromatic heterocycles. The van der Waals surface area contributed by atoms with Crippen LogP contribution in [0.15, 0.2) is 0 Å². The molecule has 0 aliphatic carbocycles. The highest BCUT2D eigenvalue weighted by Crippen LogP contribution is 2.34. The number of esters is 1. The molecule has 1 unspecified atom stereocenters. The van der Waals surface area contributed by atoms with Crippen molar-refractivity contribution in [1.29, 1.82) is 0 Å². The summed E-state index contributed by atoms with van der Waals surface area (Å²) in [5.41, 5.74) is 0. The van der Waals surface area contributed by atoms with Gasteiger partial charge >= 0.3 is 5.97 Å². The van der Waals surface area contributed by atoms with Crippen molar-refractivity contribution >= 4 is 23.6 Å². The van der Waals surface area contributed by atoms with Gasteiger partial charge in [-0.3, -0.25) is 9.59 Å². The van der Waals surface area contributed by atoms with Crippen LogP contribution in [-0.4, -0.2) is 40.6 Å². The quantitative estimate of drug-likeness (QED) is 0.450. The Morgan fingerprint density at radius 3 is 3.08 bits per heavy atom. The van der Waals surface area contributed by atoms with Crippen LogP contribution in [0, 0.1) is 0 Å². The first kappa shape index (κ1) is 8.87. The Kier molecular flexibility index (Phi) is 2.19. The molecule has 0 aromatic carbocycles. The van der Waals surface area contributed by atoms with Crippen molar-refractivity contribution in [3.8, 4) is 0 Å². The maximum atomic E-state index is 11.1. The first-order chi connectivity index (χ1) is 6.16. The number of β-lactam (4-membered cyclic amide) rings is 1. The molecule has 0 saturated carbocycles. The fraction of sp³-hybridized carbons (Fsp3) is 0.750. The molecule has 0 spiro atoms. The van der Waals surface area contributed by atoms with E-state index in [0.717, 1.165) is 5.75 Å². The van der Waals surface area contributed by atoms with Crippen molar-refractivity contribution in [3.63, 3.8) is 0 Å². The highest BCUT2D eigenvalue weighted by atomic mass is 32.2. The van der Waals surface area contributed by atoms with E-state index in [4.69, 9.17) is 4.74 Å². The van der Waals surface area contributed by atoms with Gasteiger partial charge in [0.2, 0.25) is 5.91 Å². The van der Waals surface area contributed by atoms with Gasteiger partial charge in [-0.05, 0) is 0 Å². The third kappa shape index (κ3) is 1.65. The van der Waals surface area contributed by atoms with E-state index in [1.54, 1.807) is 16.7 Å². The minimum Gasteiger partial charge on any atom is -0.460 e. The first-order valence-corrected chi connectivity index (χ1v) is 5.30. The van der Waals surface area contributed by atoms with E-state index >= 15 is 0 Å². The third-order valence-electron chi connectivity index (χ3n) is 2.22. The predicted molar refractivity (Wildman–Crippen MR) is 48.1 cm³/mol. The summed E-state index contributed by atoms with van der Waals surface area (Å²) in [5, 5.41) is 0.347. The molecule has 2 atom stereocenters. The van der Waals surface area contributed by atoms with Crippen LogP contribution < -0.4 is 0 Å². The minimum absolute atomic E-state index is 0.108. The van der Waals surface area contributed by atoms with Crippen LogP contribution in [-0.2, 0) is 14.3 Å². The van der Waals surface area contributed by atoms with Crippen molar-refractivity contribution in [1.82, 2.24) is 4.90 Å². The Hall–Kier alpha value is -0.710. The molecule has 0 aromatic rings. The van der Waals surface area contributed by atoms with Crippen LogP contribution >= 0.6 is 11.8 Å². The lowest BCUT2D eigenvalue weighted by Gasteiger charge is -2.45. The summed E-state index contributed by atoms with van der Waals surface area (Å²) >= 11 is 1.69. The molecule has 0 N–H and O–H groups in total. The van der Waals surface area contributed by atoms with E-state index < -0.39 is 0 Å². The number of hydrogen-bond donors (Lipinski definition) is 0. The van der Waals surface area contributed by atoms with E-state index in [-0.39, 0.29) is 18.0 Å². The molecule has 2 rings (SSSR count). The zero-order valence-electron chi connectivity index (χ0n) is 7.36. The predicted octanol–water partition coefficient (Wildman–Crippen LogP) is 0.223. The molecule has 0 radical (unpaired) electrons. The lowest BCUT2D eigenvalue weighted by molar-refractivity contribution is -0.153. The molecular formula is C8H11NO3S. The summed E-state index contributed by atoms with van der Waals surface area (Å²) in [5.74, 6) is 0.722. The average molecular weight is 201 g/mol. The molecule has 2 saturated heterocycles. The second kappa shape index (κ2) is 3.21. The summed E-state index contributed by atoms with van der Waals surface area (Å²) in [4.78, 5) is 23.5. The first-order valence-electron chi connectivity index (χ1n) is 4.25. The average Bonchev–Trinajstić information content (AvgIpc) is 2.05. The summed E-state index contributed by atoms with van der Waals surface area (Å²) in [6.45, 7) is 1.98. The lowest BCUT2D eigenvalue weighted by Crippen LogP contribution is -2.57. The van der Waals surface area contributed by atoms with Crippen LogP contribution in [0.4, 0.5) is 0 Å².